The van der Waals surface area contributed by atoms with Gasteiger partial charge in [0.05, 0.1) is 11.5 Å². The van der Waals surface area contributed by atoms with Crippen LogP contribution < -0.4 is 4.74 Å². The fourth-order valence-electron chi connectivity index (χ4n) is 4.41. The van der Waals surface area contributed by atoms with Crippen LogP contribution in [-0.4, -0.2) is 42.4 Å². The number of benzene rings is 3. The maximum absolute atomic E-state index is 13.0. The van der Waals surface area contributed by atoms with Crippen molar-refractivity contribution in [1.82, 2.24) is 4.90 Å². The topological polar surface area (TPSA) is 66.8 Å². The van der Waals surface area contributed by atoms with Gasteiger partial charge in [-0.05, 0) is 56.8 Å². The van der Waals surface area contributed by atoms with Crippen molar-refractivity contribution in [2.45, 2.75) is 38.7 Å². The van der Waals surface area contributed by atoms with E-state index in [1.54, 1.807) is 55.5 Å². The lowest BCUT2D eigenvalue weighted by Crippen LogP contribution is -2.38. The van der Waals surface area contributed by atoms with Crippen molar-refractivity contribution in [1.29, 1.82) is 0 Å². The molecule has 3 atom stereocenters. The first-order valence-corrected chi connectivity index (χ1v) is 12.0. The standard InChI is InChI=1S/C30H35NO4.ClH/c1-6-30(34,21(2)20-31(4)5)26-16-11-17-27(19-26)35-29(33)22(3)24-14-10-15-25(18-24)28(32)23-12-8-7-9-13-23;/h7-19,21-22,34H,6,20H2,1-5H3;1H/t21-,22?,30-;/m1./s1. The molecule has 0 aliphatic heterocycles. The fraction of sp³-hybridized carbons (Fsp3) is 0.333. The second kappa shape index (κ2) is 12.8. The Morgan fingerprint density at radius 2 is 1.56 bits per heavy atom. The fourth-order valence-corrected chi connectivity index (χ4v) is 4.41. The van der Waals surface area contributed by atoms with Crippen LogP contribution in [0, 0.1) is 5.92 Å². The summed E-state index contributed by atoms with van der Waals surface area (Å²) in [6, 6.07) is 23.3. The van der Waals surface area contributed by atoms with Gasteiger partial charge in [0.2, 0.25) is 0 Å². The van der Waals surface area contributed by atoms with E-state index in [-0.39, 0.29) is 24.1 Å². The van der Waals surface area contributed by atoms with E-state index in [9.17, 15) is 14.7 Å². The Bertz CT molecular complexity index is 1160. The zero-order chi connectivity index (χ0) is 25.6. The van der Waals surface area contributed by atoms with Crippen molar-refractivity contribution in [2.24, 2.45) is 5.92 Å². The number of rotatable bonds is 10. The van der Waals surface area contributed by atoms with Crippen LogP contribution in [0.2, 0.25) is 0 Å². The van der Waals surface area contributed by atoms with Crippen LogP contribution in [0.5, 0.6) is 5.75 Å². The number of esters is 1. The molecule has 3 rings (SSSR count). The number of carbonyl (C=O) groups is 2. The minimum atomic E-state index is -1.04. The number of carbonyl (C=O) groups excluding carboxylic acids is 2. The summed E-state index contributed by atoms with van der Waals surface area (Å²) >= 11 is 0. The van der Waals surface area contributed by atoms with Gasteiger partial charge in [-0.3, -0.25) is 9.59 Å². The minimum absolute atomic E-state index is 0. The van der Waals surface area contributed by atoms with Crippen LogP contribution in [0.1, 0.15) is 60.2 Å². The summed E-state index contributed by atoms with van der Waals surface area (Å²) in [5, 5.41) is 11.4. The summed E-state index contributed by atoms with van der Waals surface area (Å²) in [7, 11) is 3.96. The molecule has 3 aromatic rings. The van der Waals surface area contributed by atoms with Gasteiger partial charge < -0.3 is 14.7 Å². The molecule has 0 aliphatic carbocycles. The van der Waals surface area contributed by atoms with Crippen molar-refractivity contribution < 1.29 is 19.4 Å². The van der Waals surface area contributed by atoms with E-state index in [0.29, 0.717) is 28.9 Å². The van der Waals surface area contributed by atoms with E-state index in [0.717, 1.165) is 12.1 Å². The molecule has 0 saturated carbocycles. The highest BCUT2D eigenvalue weighted by atomic mass is 35.5. The van der Waals surface area contributed by atoms with Crippen LogP contribution in [0.15, 0.2) is 78.9 Å². The third-order valence-corrected chi connectivity index (χ3v) is 6.58. The number of halogens is 1. The lowest BCUT2D eigenvalue weighted by atomic mass is 9.80. The normalized spacial score (nSPS) is 14.3. The average Bonchev–Trinajstić information content (AvgIpc) is 2.87. The van der Waals surface area contributed by atoms with Gasteiger partial charge in [-0.2, -0.15) is 0 Å². The number of ether oxygens (including phenoxy) is 1. The zero-order valence-corrected chi connectivity index (χ0v) is 22.4. The van der Waals surface area contributed by atoms with E-state index in [4.69, 9.17) is 4.74 Å². The van der Waals surface area contributed by atoms with Gasteiger partial charge in [-0.1, -0.05) is 74.5 Å². The molecule has 192 valence electrons. The highest BCUT2D eigenvalue weighted by Gasteiger charge is 2.34. The first-order chi connectivity index (χ1) is 16.7. The van der Waals surface area contributed by atoms with E-state index in [1.807, 2.05) is 63.2 Å². The molecule has 5 nitrogen and oxygen atoms in total. The molecule has 0 aliphatic rings. The molecular formula is C30H36ClNO4. The van der Waals surface area contributed by atoms with Crippen molar-refractivity contribution >= 4 is 24.2 Å². The van der Waals surface area contributed by atoms with E-state index in [1.165, 1.54) is 0 Å². The molecular weight excluding hydrogens is 474 g/mol. The number of hydrogen-bond acceptors (Lipinski definition) is 5. The monoisotopic (exact) mass is 509 g/mol. The predicted molar refractivity (Wildman–Crippen MR) is 146 cm³/mol. The summed E-state index contributed by atoms with van der Waals surface area (Å²) in [6.07, 6.45) is 0.540. The summed E-state index contributed by atoms with van der Waals surface area (Å²) < 4.78 is 5.71. The largest absolute Gasteiger partial charge is 0.426 e. The highest BCUT2D eigenvalue weighted by Crippen LogP contribution is 2.35. The Morgan fingerprint density at radius 1 is 0.917 bits per heavy atom. The Balaban J connectivity index is 0.00000456. The first-order valence-electron chi connectivity index (χ1n) is 12.0. The van der Waals surface area contributed by atoms with Gasteiger partial charge in [0.15, 0.2) is 5.78 Å². The molecule has 0 heterocycles. The van der Waals surface area contributed by atoms with Crippen molar-refractivity contribution in [3.8, 4) is 5.75 Å². The summed E-state index contributed by atoms with van der Waals surface area (Å²) in [4.78, 5) is 27.9. The van der Waals surface area contributed by atoms with E-state index in [2.05, 4.69) is 0 Å². The molecule has 0 fully saturated rings. The maximum Gasteiger partial charge on any atom is 0.318 e. The first kappa shape index (κ1) is 29.2. The lowest BCUT2D eigenvalue weighted by Gasteiger charge is -2.35. The molecule has 0 radical (unpaired) electrons. The van der Waals surface area contributed by atoms with Crippen LogP contribution in [-0.2, 0) is 10.4 Å². The van der Waals surface area contributed by atoms with Crippen molar-refractivity contribution in [3.05, 3.63) is 101 Å². The average molecular weight is 510 g/mol. The SMILES string of the molecule is CC[C@](O)(c1cccc(OC(=O)C(C)c2cccc(C(=O)c3ccccc3)c2)c1)[C@H](C)CN(C)C.Cl. The molecule has 0 aromatic heterocycles. The zero-order valence-electron chi connectivity index (χ0n) is 21.6. The molecule has 0 amide bonds. The van der Waals surface area contributed by atoms with Gasteiger partial charge in [0.1, 0.15) is 5.75 Å². The van der Waals surface area contributed by atoms with Crippen LogP contribution >= 0.6 is 12.4 Å². The van der Waals surface area contributed by atoms with Gasteiger partial charge in [0.25, 0.3) is 0 Å². The summed E-state index contributed by atoms with van der Waals surface area (Å²) in [6.45, 7) is 6.47. The molecule has 0 spiro atoms. The Kier molecular flexibility index (Phi) is 10.4. The maximum atomic E-state index is 13.0. The smallest absolute Gasteiger partial charge is 0.318 e. The second-order valence-electron chi connectivity index (χ2n) is 9.43. The van der Waals surface area contributed by atoms with Crippen LogP contribution in [0.3, 0.4) is 0 Å². The Morgan fingerprint density at radius 3 is 2.19 bits per heavy atom. The van der Waals surface area contributed by atoms with E-state index < -0.39 is 17.5 Å². The van der Waals surface area contributed by atoms with Crippen LogP contribution in [0.4, 0.5) is 0 Å². The molecule has 3 aromatic carbocycles. The number of aliphatic hydroxyl groups is 1. The van der Waals surface area contributed by atoms with Gasteiger partial charge in [-0.25, -0.2) is 0 Å². The molecule has 6 heteroatoms. The molecule has 0 saturated heterocycles. The van der Waals surface area contributed by atoms with Gasteiger partial charge in [-0.15, -0.1) is 12.4 Å². The molecule has 0 bridgehead atoms. The quantitative estimate of drug-likeness (QED) is 0.211. The van der Waals surface area contributed by atoms with Crippen molar-refractivity contribution in [3.63, 3.8) is 0 Å². The van der Waals surface area contributed by atoms with Crippen molar-refractivity contribution in [2.75, 3.05) is 20.6 Å². The molecule has 36 heavy (non-hydrogen) atoms. The lowest BCUT2D eigenvalue weighted by molar-refractivity contribution is -0.135. The second-order valence-corrected chi connectivity index (χ2v) is 9.43. The third-order valence-electron chi connectivity index (χ3n) is 6.58. The van der Waals surface area contributed by atoms with Gasteiger partial charge >= 0.3 is 5.97 Å². The van der Waals surface area contributed by atoms with Crippen LogP contribution in [0.25, 0.3) is 0 Å². The Hall–Kier alpha value is -2.99. The highest BCUT2D eigenvalue weighted by molar-refractivity contribution is 6.09. The number of hydrogen-bond donors (Lipinski definition) is 1. The van der Waals surface area contributed by atoms with Gasteiger partial charge in [0, 0.05) is 23.6 Å². The summed E-state index contributed by atoms with van der Waals surface area (Å²) in [5.41, 5.74) is 1.52. The molecule has 1 unspecified atom stereocenters. The number of nitrogens with zero attached hydrogens (tertiary/aromatic N) is 1. The minimum Gasteiger partial charge on any atom is -0.426 e. The Labute approximate surface area is 220 Å². The number of ketones is 1. The summed E-state index contributed by atoms with van der Waals surface area (Å²) in [5.74, 6) is -0.712. The third kappa shape index (κ3) is 6.82. The predicted octanol–water partition coefficient (Wildman–Crippen LogP) is 5.84. The van der Waals surface area contributed by atoms with E-state index >= 15 is 0 Å². The molecule has 1 N–H and O–H groups in total.